The maximum absolute atomic E-state index is 5.74. The van der Waals surface area contributed by atoms with Crippen molar-refractivity contribution in [1.82, 2.24) is 20.1 Å². The van der Waals surface area contributed by atoms with E-state index in [0.29, 0.717) is 17.4 Å². The van der Waals surface area contributed by atoms with Gasteiger partial charge in [0.2, 0.25) is 5.82 Å². The number of nitrogens with zero attached hydrogens (tertiary/aromatic N) is 4. The molecule has 0 radical (unpaired) electrons. The first-order valence-electron chi connectivity index (χ1n) is 5.20. The zero-order valence-electron chi connectivity index (χ0n) is 9.49. The Labute approximate surface area is 107 Å². The van der Waals surface area contributed by atoms with Crippen LogP contribution in [-0.2, 0) is 0 Å². The molecule has 0 aliphatic carbocycles. The largest absolute Gasteiger partial charge is 0.391 e. The molecule has 0 aromatic carbocycles. The van der Waals surface area contributed by atoms with Crippen molar-refractivity contribution in [2.75, 3.05) is 5.73 Å². The number of aromatic nitrogens is 4. The van der Waals surface area contributed by atoms with Crippen molar-refractivity contribution in [2.45, 2.75) is 6.92 Å². The fourth-order valence-corrected chi connectivity index (χ4v) is 2.42. The maximum atomic E-state index is 5.74. The molecule has 3 rings (SSSR count). The van der Waals surface area contributed by atoms with Gasteiger partial charge in [-0.2, -0.15) is 4.98 Å². The van der Waals surface area contributed by atoms with E-state index in [2.05, 4.69) is 20.1 Å². The van der Waals surface area contributed by atoms with E-state index in [1.54, 1.807) is 12.3 Å². The van der Waals surface area contributed by atoms with Gasteiger partial charge in [0.15, 0.2) is 0 Å². The summed E-state index contributed by atoms with van der Waals surface area (Å²) in [6, 6.07) is 3.61. The van der Waals surface area contributed by atoms with E-state index in [-0.39, 0.29) is 0 Å². The van der Waals surface area contributed by atoms with Crippen LogP contribution in [0.4, 0.5) is 5.00 Å². The van der Waals surface area contributed by atoms with Gasteiger partial charge in [0, 0.05) is 6.20 Å². The van der Waals surface area contributed by atoms with Crippen LogP contribution in [0.1, 0.15) is 5.56 Å². The third-order valence-electron chi connectivity index (χ3n) is 2.37. The molecule has 0 aliphatic rings. The number of hydrogen-bond acceptors (Lipinski definition) is 7. The van der Waals surface area contributed by atoms with Crippen LogP contribution >= 0.6 is 11.3 Å². The van der Waals surface area contributed by atoms with Gasteiger partial charge in [0.05, 0.1) is 9.88 Å². The van der Waals surface area contributed by atoms with Crippen molar-refractivity contribution in [3.63, 3.8) is 0 Å². The molecule has 0 saturated heterocycles. The van der Waals surface area contributed by atoms with Crippen LogP contribution < -0.4 is 5.73 Å². The Bertz CT molecular complexity index is 676. The van der Waals surface area contributed by atoms with Crippen molar-refractivity contribution < 1.29 is 4.52 Å². The highest BCUT2D eigenvalue weighted by atomic mass is 32.1. The first-order valence-corrected chi connectivity index (χ1v) is 6.02. The molecule has 0 saturated carbocycles. The summed E-state index contributed by atoms with van der Waals surface area (Å²) in [4.78, 5) is 13.1. The van der Waals surface area contributed by atoms with Crippen LogP contribution in [0.3, 0.4) is 0 Å². The molecule has 0 spiro atoms. The summed E-state index contributed by atoms with van der Waals surface area (Å²) in [7, 11) is 0. The van der Waals surface area contributed by atoms with Crippen LogP contribution in [0.25, 0.3) is 22.3 Å². The molecule has 18 heavy (non-hydrogen) atoms. The first kappa shape index (κ1) is 10.8. The SMILES string of the molecule is Cc1cc(N)sc1-c1nc(-c2ccncn2)no1. The van der Waals surface area contributed by atoms with Crippen molar-refractivity contribution in [1.29, 1.82) is 0 Å². The zero-order valence-corrected chi connectivity index (χ0v) is 10.3. The lowest BCUT2D eigenvalue weighted by Crippen LogP contribution is -1.85. The quantitative estimate of drug-likeness (QED) is 0.758. The molecule has 90 valence electrons. The summed E-state index contributed by atoms with van der Waals surface area (Å²) in [5.41, 5.74) is 7.39. The molecule has 3 heterocycles. The van der Waals surface area contributed by atoms with E-state index in [1.165, 1.54) is 17.7 Å². The minimum Gasteiger partial charge on any atom is -0.391 e. The van der Waals surface area contributed by atoms with E-state index in [0.717, 1.165) is 15.4 Å². The third-order valence-corrected chi connectivity index (χ3v) is 3.42. The highest BCUT2D eigenvalue weighted by molar-refractivity contribution is 7.19. The maximum Gasteiger partial charge on any atom is 0.268 e. The Kier molecular flexibility index (Phi) is 2.52. The molecule has 3 aromatic rings. The predicted molar refractivity (Wildman–Crippen MR) is 67.8 cm³/mol. The van der Waals surface area contributed by atoms with Gasteiger partial charge in [-0.3, -0.25) is 0 Å². The topological polar surface area (TPSA) is 90.7 Å². The van der Waals surface area contributed by atoms with Gasteiger partial charge in [0.1, 0.15) is 12.0 Å². The first-order chi connectivity index (χ1) is 8.74. The summed E-state index contributed by atoms with van der Waals surface area (Å²) in [6.07, 6.45) is 3.08. The Hall–Kier alpha value is -2.28. The summed E-state index contributed by atoms with van der Waals surface area (Å²) < 4.78 is 5.23. The fraction of sp³-hybridized carbons (Fsp3) is 0.0909. The van der Waals surface area contributed by atoms with Crippen molar-refractivity contribution >= 4 is 16.3 Å². The van der Waals surface area contributed by atoms with Crippen molar-refractivity contribution in [3.05, 3.63) is 30.2 Å². The molecule has 7 heteroatoms. The minimum absolute atomic E-state index is 0.443. The van der Waals surface area contributed by atoms with E-state index >= 15 is 0 Å². The minimum atomic E-state index is 0.443. The van der Waals surface area contributed by atoms with Crippen LogP contribution in [0, 0.1) is 6.92 Å². The second-order valence-corrected chi connectivity index (χ2v) is 4.76. The molecule has 6 nitrogen and oxygen atoms in total. The number of aryl methyl sites for hydroxylation is 1. The standard InChI is InChI=1S/C11H9N5OS/c1-6-4-8(12)18-9(6)11-15-10(16-17-11)7-2-3-13-5-14-7/h2-5H,12H2,1H3. The molecular weight excluding hydrogens is 250 g/mol. The molecule has 0 unspecified atom stereocenters. The number of nitrogen functional groups attached to an aromatic ring is 1. The van der Waals surface area contributed by atoms with Crippen molar-refractivity contribution in [2.24, 2.45) is 0 Å². The van der Waals surface area contributed by atoms with Gasteiger partial charge in [0.25, 0.3) is 5.89 Å². The average Bonchev–Trinajstić information content (AvgIpc) is 2.97. The van der Waals surface area contributed by atoms with Crippen LogP contribution in [0.15, 0.2) is 29.2 Å². The molecule has 0 bridgehead atoms. The van der Waals surface area contributed by atoms with Crippen LogP contribution in [0.5, 0.6) is 0 Å². The molecule has 0 fully saturated rings. The second kappa shape index (κ2) is 4.19. The Morgan fingerprint density at radius 2 is 2.28 bits per heavy atom. The normalized spacial score (nSPS) is 10.7. The second-order valence-electron chi connectivity index (χ2n) is 3.68. The highest BCUT2D eigenvalue weighted by Gasteiger charge is 2.15. The molecule has 0 atom stereocenters. The smallest absolute Gasteiger partial charge is 0.268 e. The Morgan fingerprint density at radius 1 is 1.39 bits per heavy atom. The van der Waals surface area contributed by atoms with Gasteiger partial charge < -0.3 is 10.3 Å². The van der Waals surface area contributed by atoms with E-state index in [4.69, 9.17) is 10.3 Å². The lowest BCUT2D eigenvalue weighted by molar-refractivity contribution is 0.433. The summed E-state index contributed by atoms with van der Waals surface area (Å²) in [6.45, 7) is 1.96. The van der Waals surface area contributed by atoms with Gasteiger partial charge in [-0.15, -0.1) is 11.3 Å². The van der Waals surface area contributed by atoms with E-state index in [1.807, 2.05) is 13.0 Å². The zero-order chi connectivity index (χ0) is 12.5. The number of hydrogen-bond donors (Lipinski definition) is 1. The van der Waals surface area contributed by atoms with Gasteiger partial charge in [-0.25, -0.2) is 9.97 Å². The molecule has 0 aliphatic heterocycles. The number of nitrogens with two attached hydrogens (primary N) is 1. The monoisotopic (exact) mass is 259 g/mol. The third kappa shape index (κ3) is 1.84. The molecule has 3 aromatic heterocycles. The van der Waals surface area contributed by atoms with Crippen molar-refractivity contribution in [3.8, 4) is 22.3 Å². The lowest BCUT2D eigenvalue weighted by Gasteiger charge is -1.90. The Morgan fingerprint density at radius 3 is 2.94 bits per heavy atom. The molecule has 0 amide bonds. The highest BCUT2D eigenvalue weighted by Crippen LogP contribution is 2.33. The average molecular weight is 259 g/mol. The number of anilines is 1. The van der Waals surface area contributed by atoms with Crippen LogP contribution in [0.2, 0.25) is 0 Å². The fourth-order valence-electron chi connectivity index (χ4n) is 1.56. The molecular formula is C11H9N5OS. The lowest BCUT2D eigenvalue weighted by atomic mass is 10.3. The predicted octanol–water partition coefficient (Wildman–Crippen LogP) is 2.15. The van der Waals surface area contributed by atoms with Gasteiger partial charge in [-0.1, -0.05) is 5.16 Å². The van der Waals surface area contributed by atoms with Gasteiger partial charge >= 0.3 is 0 Å². The summed E-state index contributed by atoms with van der Waals surface area (Å²) in [5, 5.41) is 4.63. The number of rotatable bonds is 2. The van der Waals surface area contributed by atoms with Crippen LogP contribution in [-0.4, -0.2) is 20.1 Å². The molecule has 2 N–H and O–H groups in total. The summed E-state index contributed by atoms with van der Waals surface area (Å²) >= 11 is 1.42. The van der Waals surface area contributed by atoms with E-state index in [9.17, 15) is 0 Å². The summed E-state index contributed by atoms with van der Waals surface area (Å²) in [5.74, 6) is 0.904. The number of thiophene rings is 1. The van der Waals surface area contributed by atoms with E-state index < -0.39 is 0 Å². The van der Waals surface area contributed by atoms with Gasteiger partial charge in [-0.05, 0) is 24.6 Å². The Balaban J connectivity index is 2.02.